The van der Waals surface area contributed by atoms with E-state index in [4.69, 9.17) is 5.11 Å². The second-order valence-corrected chi connectivity index (χ2v) is 5.00. The normalized spacial score (nSPS) is 19.5. The molecule has 0 aromatic carbocycles. The standard InChI is InChI=1S/C12H15NO3S/c14-11(4-3-9-5-7-17-8-9)13-6-1-2-10(13)12(15)16/h5,7-8,10H,1-4,6H2,(H,15,16)/t10-/m0/s1. The smallest absolute Gasteiger partial charge is 0.326 e. The highest BCUT2D eigenvalue weighted by atomic mass is 32.1. The average molecular weight is 253 g/mol. The summed E-state index contributed by atoms with van der Waals surface area (Å²) in [5.41, 5.74) is 1.15. The van der Waals surface area contributed by atoms with E-state index >= 15 is 0 Å². The van der Waals surface area contributed by atoms with Crippen LogP contribution in [0.25, 0.3) is 0 Å². The zero-order chi connectivity index (χ0) is 12.3. The lowest BCUT2D eigenvalue weighted by Crippen LogP contribution is -2.40. The highest BCUT2D eigenvalue weighted by Crippen LogP contribution is 2.19. The van der Waals surface area contributed by atoms with Crippen molar-refractivity contribution in [1.82, 2.24) is 4.90 Å². The molecule has 0 saturated carbocycles. The Hall–Kier alpha value is -1.36. The Bertz CT molecular complexity index is 402. The molecule has 5 heteroatoms. The number of carboxylic acid groups (broad SMARTS) is 1. The van der Waals surface area contributed by atoms with Crippen LogP contribution in [0.5, 0.6) is 0 Å². The van der Waals surface area contributed by atoms with Crippen molar-refractivity contribution in [2.75, 3.05) is 6.54 Å². The quantitative estimate of drug-likeness (QED) is 0.889. The second kappa shape index (κ2) is 5.31. The van der Waals surface area contributed by atoms with Gasteiger partial charge in [0.15, 0.2) is 0 Å². The number of carbonyl (C=O) groups excluding carboxylic acids is 1. The monoisotopic (exact) mass is 253 g/mol. The van der Waals surface area contributed by atoms with Crippen molar-refractivity contribution < 1.29 is 14.7 Å². The SMILES string of the molecule is O=C(O)[C@@H]1CCCN1C(=O)CCc1ccsc1. The van der Waals surface area contributed by atoms with Gasteiger partial charge in [0.2, 0.25) is 5.91 Å². The molecule has 2 heterocycles. The average Bonchev–Trinajstić information content (AvgIpc) is 2.96. The zero-order valence-electron chi connectivity index (χ0n) is 9.46. The van der Waals surface area contributed by atoms with Crippen molar-refractivity contribution in [1.29, 1.82) is 0 Å². The van der Waals surface area contributed by atoms with Crippen molar-refractivity contribution in [2.24, 2.45) is 0 Å². The largest absolute Gasteiger partial charge is 0.480 e. The molecule has 1 fully saturated rings. The van der Waals surface area contributed by atoms with Gasteiger partial charge in [-0.15, -0.1) is 0 Å². The van der Waals surface area contributed by atoms with Gasteiger partial charge in [-0.3, -0.25) is 4.79 Å². The molecule has 2 rings (SSSR count). The lowest BCUT2D eigenvalue weighted by atomic mass is 10.1. The van der Waals surface area contributed by atoms with Gasteiger partial charge in [-0.25, -0.2) is 4.79 Å². The van der Waals surface area contributed by atoms with Crippen LogP contribution in [0, 0.1) is 0 Å². The minimum Gasteiger partial charge on any atom is -0.480 e. The first kappa shape index (κ1) is 12.1. The van der Waals surface area contributed by atoms with Gasteiger partial charge < -0.3 is 10.0 Å². The number of nitrogens with zero attached hydrogens (tertiary/aromatic N) is 1. The van der Waals surface area contributed by atoms with E-state index in [1.54, 1.807) is 11.3 Å². The summed E-state index contributed by atoms with van der Waals surface area (Å²) in [5, 5.41) is 13.0. The van der Waals surface area contributed by atoms with E-state index in [1.165, 1.54) is 4.90 Å². The van der Waals surface area contributed by atoms with Crippen molar-refractivity contribution in [3.05, 3.63) is 22.4 Å². The maximum Gasteiger partial charge on any atom is 0.326 e. The number of likely N-dealkylation sites (tertiary alicyclic amines) is 1. The lowest BCUT2D eigenvalue weighted by molar-refractivity contribution is -0.148. The van der Waals surface area contributed by atoms with E-state index in [2.05, 4.69) is 0 Å². The van der Waals surface area contributed by atoms with Gasteiger partial charge in [0, 0.05) is 13.0 Å². The number of aryl methyl sites for hydroxylation is 1. The fourth-order valence-electron chi connectivity index (χ4n) is 2.15. The molecule has 1 aliphatic heterocycles. The summed E-state index contributed by atoms with van der Waals surface area (Å²) in [6.45, 7) is 0.583. The summed E-state index contributed by atoms with van der Waals surface area (Å²) in [6.07, 6.45) is 2.48. The highest BCUT2D eigenvalue weighted by molar-refractivity contribution is 7.07. The van der Waals surface area contributed by atoms with E-state index in [1.807, 2.05) is 16.8 Å². The Balaban J connectivity index is 1.89. The van der Waals surface area contributed by atoms with Crippen LogP contribution in [0.15, 0.2) is 16.8 Å². The van der Waals surface area contributed by atoms with Crippen LogP contribution < -0.4 is 0 Å². The molecule has 0 unspecified atom stereocenters. The Labute approximate surface area is 104 Å². The fourth-order valence-corrected chi connectivity index (χ4v) is 2.85. The molecular weight excluding hydrogens is 238 g/mol. The van der Waals surface area contributed by atoms with Crippen LogP contribution in [0.4, 0.5) is 0 Å². The molecule has 0 bridgehead atoms. The third-order valence-electron chi connectivity index (χ3n) is 3.07. The van der Waals surface area contributed by atoms with E-state index in [0.717, 1.165) is 12.0 Å². The molecule has 0 aliphatic carbocycles. The van der Waals surface area contributed by atoms with Gasteiger partial charge in [-0.05, 0) is 41.7 Å². The van der Waals surface area contributed by atoms with Gasteiger partial charge in [0.05, 0.1) is 0 Å². The number of carboxylic acids is 1. The Morgan fingerprint density at radius 2 is 2.35 bits per heavy atom. The topological polar surface area (TPSA) is 57.6 Å². The molecule has 0 spiro atoms. The van der Waals surface area contributed by atoms with Gasteiger partial charge in [0.1, 0.15) is 6.04 Å². The maximum atomic E-state index is 11.9. The van der Waals surface area contributed by atoms with Crippen LogP contribution in [0.1, 0.15) is 24.8 Å². The number of thiophene rings is 1. The van der Waals surface area contributed by atoms with E-state index in [0.29, 0.717) is 25.8 Å². The van der Waals surface area contributed by atoms with Gasteiger partial charge >= 0.3 is 5.97 Å². The van der Waals surface area contributed by atoms with Crippen LogP contribution >= 0.6 is 11.3 Å². The molecule has 1 saturated heterocycles. The van der Waals surface area contributed by atoms with Crippen LogP contribution in [-0.2, 0) is 16.0 Å². The number of hydrogen-bond acceptors (Lipinski definition) is 3. The number of amides is 1. The van der Waals surface area contributed by atoms with Gasteiger partial charge in [0.25, 0.3) is 0 Å². The molecular formula is C12H15NO3S. The second-order valence-electron chi connectivity index (χ2n) is 4.21. The molecule has 4 nitrogen and oxygen atoms in total. The third-order valence-corrected chi connectivity index (χ3v) is 3.80. The van der Waals surface area contributed by atoms with Crippen molar-refractivity contribution in [3.63, 3.8) is 0 Å². The Morgan fingerprint density at radius 3 is 3.00 bits per heavy atom. The summed E-state index contributed by atoms with van der Waals surface area (Å²) < 4.78 is 0. The van der Waals surface area contributed by atoms with Crippen molar-refractivity contribution in [2.45, 2.75) is 31.7 Å². The first-order valence-electron chi connectivity index (χ1n) is 5.72. The van der Waals surface area contributed by atoms with E-state index < -0.39 is 12.0 Å². The van der Waals surface area contributed by atoms with Crippen LogP contribution in [0.3, 0.4) is 0 Å². The number of hydrogen-bond donors (Lipinski definition) is 1. The molecule has 17 heavy (non-hydrogen) atoms. The first-order chi connectivity index (χ1) is 8.18. The third kappa shape index (κ3) is 2.85. The van der Waals surface area contributed by atoms with E-state index in [9.17, 15) is 9.59 Å². The molecule has 1 aliphatic rings. The summed E-state index contributed by atoms with van der Waals surface area (Å²) in [7, 11) is 0. The fraction of sp³-hybridized carbons (Fsp3) is 0.500. The van der Waals surface area contributed by atoms with Gasteiger partial charge in [-0.2, -0.15) is 11.3 Å². The Kier molecular flexibility index (Phi) is 3.78. The van der Waals surface area contributed by atoms with Crippen molar-refractivity contribution >= 4 is 23.2 Å². The first-order valence-corrected chi connectivity index (χ1v) is 6.66. The predicted octanol–water partition coefficient (Wildman–Crippen LogP) is 1.76. The lowest BCUT2D eigenvalue weighted by Gasteiger charge is -2.21. The minimum absolute atomic E-state index is 0.0406. The van der Waals surface area contributed by atoms with Crippen LogP contribution in [-0.4, -0.2) is 34.5 Å². The zero-order valence-corrected chi connectivity index (χ0v) is 10.3. The molecule has 0 radical (unpaired) electrons. The number of carbonyl (C=O) groups is 2. The van der Waals surface area contributed by atoms with E-state index in [-0.39, 0.29) is 5.91 Å². The number of rotatable bonds is 4. The molecule has 1 aromatic rings. The Morgan fingerprint density at radius 1 is 1.53 bits per heavy atom. The minimum atomic E-state index is -0.883. The number of aliphatic carboxylic acids is 1. The summed E-state index contributed by atoms with van der Waals surface area (Å²) in [4.78, 5) is 24.4. The molecule has 1 amide bonds. The highest BCUT2D eigenvalue weighted by Gasteiger charge is 2.33. The summed E-state index contributed by atoms with van der Waals surface area (Å²) in [5.74, 6) is -0.924. The van der Waals surface area contributed by atoms with Crippen LogP contribution in [0.2, 0.25) is 0 Å². The van der Waals surface area contributed by atoms with Gasteiger partial charge in [-0.1, -0.05) is 0 Å². The molecule has 92 valence electrons. The predicted molar refractivity (Wildman–Crippen MR) is 65.0 cm³/mol. The summed E-state index contributed by atoms with van der Waals surface area (Å²) >= 11 is 1.61. The summed E-state index contributed by atoms with van der Waals surface area (Å²) in [6, 6.07) is 1.39. The van der Waals surface area contributed by atoms with Crippen molar-refractivity contribution in [3.8, 4) is 0 Å². The molecule has 1 atom stereocenters. The molecule has 1 N–H and O–H groups in total. The maximum absolute atomic E-state index is 11.9. The molecule has 1 aromatic heterocycles.